The Bertz CT molecular complexity index is 1140. The number of H-pyrrole nitrogens is 1. The van der Waals surface area contributed by atoms with E-state index < -0.39 is 12.2 Å². The number of hydrogen-bond acceptors (Lipinski definition) is 7. The van der Waals surface area contributed by atoms with Crippen LogP contribution >= 0.6 is 0 Å². The lowest BCUT2D eigenvalue weighted by Gasteiger charge is -2.22. The molecule has 0 saturated carbocycles. The van der Waals surface area contributed by atoms with E-state index in [1.165, 1.54) is 6.21 Å². The molecule has 0 spiro atoms. The Kier molecular flexibility index (Phi) is 6.68. The first-order valence-corrected chi connectivity index (χ1v) is 10.8. The Morgan fingerprint density at radius 2 is 2.18 bits per heavy atom. The van der Waals surface area contributed by atoms with Crippen LogP contribution in [0.3, 0.4) is 0 Å². The van der Waals surface area contributed by atoms with Crippen molar-refractivity contribution in [3.63, 3.8) is 0 Å². The van der Waals surface area contributed by atoms with Crippen LogP contribution in [-0.2, 0) is 0 Å². The number of aromatic nitrogens is 4. The lowest BCUT2D eigenvalue weighted by atomic mass is 10.0. The third-order valence-electron chi connectivity index (χ3n) is 5.59. The van der Waals surface area contributed by atoms with Crippen LogP contribution in [-0.4, -0.2) is 71.0 Å². The minimum absolute atomic E-state index is 0.0416. The van der Waals surface area contributed by atoms with Gasteiger partial charge < -0.3 is 15.6 Å². The zero-order chi connectivity index (χ0) is 23.4. The Morgan fingerprint density at radius 1 is 1.33 bits per heavy atom. The van der Waals surface area contributed by atoms with Gasteiger partial charge in [0, 0.05) is 44.0 Å². The van der Waals surface area contributed by atoms with Gasteiger partial charge in [-0.1, -0.05) is 6.07 Å². The Balaban J connectivity index is 1.63. The molecule has 0 bridgehead atoms. The third-order valence-corrected chi connectivity index (χ3v) is 5.59. The summed E-state index contributed by atoms with van der Waals surface area (Å²) in [5, 5.41) is 18.4. The number of nitrogens with one attached hydrogen (secondary N) is 3. The number of nitrogens with zero attached hydrogens (tertiary/aromatic N) is 5. The van der Waals surface area contributed by atoms with Crippen molar-refractivity contribution in [3.05, 3.63) is 36.2 Å². The molecule has 1 aliphatic rings. The quantitative estimate of drug-likeness (QED) is 0.490. The summed E-state index contributed by atoms with van der Waals surface area (Å²) in [7, 11) is 0. The third kappa shape index (κ3) is 5.03. The molecule has 0 aliphatic carbocycles. The molecule has 0 radical (unpaired) electrons. The minimum atomic E-state index is -4.26. The molecule has 33 heavy (non-hydrogen) atoms. The molecule has 174 valence electrons. The molecule has 8 nitrogen and oxygen atoms in total. The molecule has 4 rings (SSSR count). The zero-order valence-electron chi connectivity index (χ0n) is 18.1. The molecule has 1 fully saturated rings. The average molecular weight is 458 g/mol. The van der Waals surface area contributed by atoms with E-state index in [2.05, 4.69) is 25.5 Å². The summed E-state index contributed by atoms with van der Waals surface area (Å²) < 4.78 is 39.3. The average Bonchev–Trinajstić information content (AvgIpc) is 3.05. The standard InChI is InChI=1S/C22H25F3N8/c1-2-27-12-14(11-26)17-10-15-18(13-29-17)31-32-21(15)16-4-3-5-20(30-16)33-8-6-19(22(23,24)25)28-7-9-33/h3-5,10-14,19,26,28H,2,6-9H2,1H3,(H,31,32). The molecule has 2 atom stereocenters. The summed E-state index contributed by atoms with van der Waals surface area (Å²) in [6.07, 6.45) is 0.342. The summed E-state index contributed by atoms with van der Waals surface area (Å²) in [6, 6.07) is 5.80. The van der Waals surface area contributed by atoms with Crippen molar-refractivity contribution < 1.29 is 13.2 Å². The molecule has 3 aromatic heterocycles. The number of hydrogen-bond donors (Lipinski definition) is 3. The molecule has 3 N–H and O–H groups in total. The van der Waals surface area contributed by atoms with Crippen LogP contribution in [0.15, 0.2) is 35.5 Å². The van der Waals surface area contributed by atoms with E-state index >= 15 is 0 Å². The van der Waals surface area contributed by atoms with E-state index in [1.54, 1.807) is 18.5 Å². The molecular formula is C22H25F3N8. The number of fused-ring (bicyclic) bond motifs is 1. The predicted molar refractivity (Wildman–Crippen MR) is 122 cm³/mol. The van der Waals surface area contributed by atoms with E-state index in [1.807, 2.05) is 30.0 Å². The molecular weight excluding hydrogens is 433 g/mol. The number of aromatic amines is 1. The maximum atomic E-state index is 13.1. The zero-order valence-corrected chi connectivity index (χ0v) is 18.1. The molecule has 0 amide bonds. The van der Waals surface area contributed by atoms with E-state index in [-0.39, 0.29) is 25.4 Å². The molecule has 1 saturated heterocycles. The van der Waals surface area contributed by atoms with E-state index in [4.69, 9.17) is 10.4 Å². The van der Waals surface area contributed by atoms with Crippen molar-refractivity contribution in [3.8, 4) is 11.4 Å². The van der Waals surface area contributed by atoms with Crippen LogP contribution < -0.4 is 10.2 Å². The first kappa shape index (κ1) is 22.8. The van der Waals surface area contributed by atoms with E-state index in [0.717, 1.165) is 10.9 Å². The van der Waals surface area contributed by atoms with Crippen molar-refractivity contribution in [2.75, 3.05) is 31.1 Å². The summed E-state index contributed by atoms with van der Waals surface area (Å²) in [5.74, 6) is 0.262. The minimum Gasteiger partial charge on any atom is -0.355 e. The fourth-order valence-corrected chi connectivity index (χ4v) is 3.85. The van der Waals surface area contributed by atoms with Gasteiger partial charge in [0.2, 0.25) is 0 Å². The highest BCUT2D eigenvalue weighted by Gasteiger charge is 2.40. The Morgan fingerprint density at radius 3 is 2.94 bits per heavy atom. The predicted octanol–water partition coefficient (Wildman–Crippen LogP) is 3.57. The first-order valence-electron chi connectivity index (χ1n) is 10.8. The highest BCUT2D eigenvalue weighted by molar-refractivity contribution is 5.94. The van der Waals surface area contributed by atoms with Crippen molar-refractivity contribution in [1.82, 2.24) is 25.5 Å². The largest absolute Gasteiger partial charge is 0.403 e. The van der Waals surface area contributed by atoms with Gasteiger partial charge in [0.15, 0.2) is 0 Å². The molecule has 1 aliphatic heterocycles. The number of anilines is 1. The van der Waals surface area contributed by atoms with Crippen LogP contribution in [0.2, 0.25) is 0 Å². The lowest BCUT2D eigenvalue weighted by Crippen LogP contribution is -2.42. The molecule has 11 heteroatoms. The summed E-state index contributed by atoms with van der Waals surface area (Å²) in [4.78, 5) is 15.2. The van der Waals surface area contributed by atoms with Crippen LogP contribution in [0.5, 0.6) is 0 Å². The Hall–Kier alpha value is -3.34. The van der Waals surface area contributed by atoms with Gasteiger partial charge in [-0.15, -0.1) is 0 Å². The second-order valence-corrected chi connectivity index (χ2v) is 7.77. The number of halogens is 3. The smallest absolute Gasteiger partial charge is 0.355 e. The van der Waals surface area contributed by atoms with Gasteiger partial charge >= 0.3 is 6.18 Å². The fourth-order valence-electron chi connectivity index (χ4n) is 3.85. The van der Waals surface area contributed by atoms with Gasteiger partial charge in [-0.3, -0.25) is 15.1 Å². The van der Waals surface area contributed by atoms with E-state index in [9.17, 15) is 13.2 Å². The number of pyridine rings is 2. The highest BCUT2D eigenvalue weighted by Crippen LogP contribution is 2.29. The molecule has 3 aromatic rings. The van der Waals surface area contributed by atoms with Gasteiger partial charge in [-0.25, -0.2) is 4.98 Å². The van der Waals surface area contributed by atoms with Crippen LogP contribution in [0, 0.1) is 5.41 Å². The first-order chi connectivity index (χ1) is 15.9. The summed E-state index contributed by atoms with van der Waals surface area (Å²) in [6.45, 7) is 3.44. The van der Waals surface area contributed by atoms with Crippen LogP contribution in [0.1, 0.15) is 25.0 Å². The lowest BCUT2D eigenvalue weighted by molar-refractivity contribution is -0.155. The van der Waals surface area contributed by atoms with Crippen molar-refractivity contribution in [2.45, 2.75) is 31.5 Å². The van der Waals surface area contributed by atoms with Crippen LogP contribution in [0.25, 0.3) is 22.3 Å². The second-order valence-electron chi connectivity index (χ2n) is 7.77. The van der Waals surface area contributed by atoms with Crippen molar-refractivity contribution in [2.24, 2.45) is 4.99 Å². The number of aliphatic imine (C=N–C) groups is 1. The number of rotatable bonds is 6. The highest BCUT2D eigenvalue weighted by atomic mass is 19.4. The second kappa shape index (κ2) is 9.65. The molecule has 0 aromatic carbocycles. The van der Waals surface area contributed by atoms with Gasteiger partial charge in [-0.05, 0) is 31.5 Å². The molecule has 4 heterocycles. The SMILES string of the molecule is CCN=CC(C=N)c1cc2c(-c3cccc(N4CCNC(C(F)(F)F)CC4)n3)n[nH]c2cn1. The summed E-state index contributed by atoms with van der Waals surface area (Å²) in [5.41, 5.74) is 2.62. The fraction of sp³-hybridized carbons (Fsp3) is 0.409. The maximum absolute atomic E-state index is 13.1. The number of alkyl halides is 3. The van der Waals surface area contributed by atoms with E-state index in [0.29, 0.717) is 36.0 Å². The van der Waals surface area contributed by atoms with Crippen molar-refractivity contribution >= 4 is 29.1 Å². The van der Waals surface area contributed by atoms with Gasteiger partial charge in [0.1, 0.15) is 17.6 Å². The van der Waals surface area contributed by atoms with Crippen LogP contribution in [0.4, 0.5) is 19.0 Å². The molecule has 2 unspecified atom stereocenters. The van der Waals surface area contributed by atoms with Gasteiger partial charge in [0.05, 0.1) is 29.0 Å². The van der Waals surface area contributed by atoms with Crippen molar-refractivity contribution in [1.29, 1.82) is 5.41 Å². The van der Waals surface area contributed by atoms with Gasteiger partial charge in [-0.2, -0.15) is 18.3 Å². The monoisotopic (exact) mass is 458 g/mol. The summed E-state index contributed by atoms with van der Waals surface area (Å²) >= 11 is 0. The topological polar surface area (TPSA) is 106 Å². The van der Waals surface area contributed by atoms with Gasteiger partial charge in [0.25, 0.3) is 0 Å². The maximum Gasteiger partial charge on any atom is 0.403 e. The Labute approximate surface area is 188 Å². The normalized spacial score (nSPS) is 18.5.